The summed E-state index contributed by atoms with van der Waals surface area (Å²) in [6.07, 6.45) is -2.29. The zero-order chi connectivity index (χ0) is 14.8. The highest BCUT2D eigenvalue weighted by molar-refractivity contribution is 5.24. The van der Waals surface area contributed by atoms with Crippen LogP contribution in [0.5, 0.6) is 0 Å². The molecule has 2 rings (SSSR count). The van der Waals surface area contributed by atoms with Crippen molar-refractivity contribution in [1.29, 1.82) is 0 Å². The Morgan fingerprint density at radius 3 is 2.40 bits per heavy atom. The van der Waals surface area contributed by atoms with E-state index in [-0.39, 0.29) is 24.8 Å². The number of nitrogens with two attached hydrogens (primary N) is 1. The summed E-state index contributed by atoms with van der Waals surface area (Å²) in [5.74, 6) is 4.34. The fourth-order valence-electron chi connectivity index (χ4n) is 3.11. The Morgan fingerprint density at radius 1 is 1.20 bits per heavy atom. The van der Waals surface area contributed by atoms with E-state index in [0.29, 0.717) is 6.42 Å². The molecule has 0 spiro atoms. The van der Waals surface area contributed by atoms with Gasteiger partial charge in [-0.05, 0) is 37.7 Å². The zero-order valence-corrected chi connectivity index (χ0v) is 11.6. The highest BCUT2D eigenvalue weighted by Gasteiger charge is 2.43. The number of benzene rings is 1. The quantitative estimate of drug-likeness (QED) is 0.654. The first-order valence-electron chi connectivity index (χ1n) is 7.01. The maximum Gasteiger partial charge on any atom is 0.391 e. The minimum absolute atomic E-state index is 0.0666. The molecule has 112 valence electrons. The van der Waals surface area contributed by atoms with Crippen LogP contribution in [0.25, 0.3) is 0 Å². The highest BCUT2D eigenvalue weighted by Crippen LogP contribution is 2.43. The summed E-state index contributed by atoms with van der Waals surface area (Å²) in [7, 11) is 0. The van der Waals surface area contributed by atoms with Crippen LogP contribution in [-0.4, -0.2) is 6.18 Å². The Labute approximate surface area is 117 Å². The molecule has 5 heteroatoms. The van der Waals surface area contributed by atoms with Crippen molar-refractivity contribution >= 4 is 0 Å². The second-order valence-corrected chi connectivity index (χ2v) is 5.72. The van der Waals surface area contributed by atoms with E-state index < -0.39 is 12.1 Å². The number of rotatable bonds is 3. The monoisotopic (exact) mass is 286 g/mol. The highest BCUT2D eigenvalue weighted by atomic mass is 19.4. The van der Waals surface area contributed by atoms with E-state index in [4.69, 9.17) is 5.84 Å². The normalized spacial score (nSPS) is 25.4. The number of aryl methyl sites for hydroxylation is 1. The molecule has 0 amide bonds. The topological polar surface area (TPSA) is 38.0 Å². The lowest BCUT2D eigenvalue weighted by molar-refractivity contribution is -0.186. The predicted octanol–water partition coefficient (Wildman–Crippen LogP) is 3.87. The number of halogens is 3. The molecule has 1 aliphatic rings. The third-order valence-electron chi connectivity index (χ3n) is 4.27. The van der Waals surface area contributed by atoms with Crippen molar-refractivity contribution in [3.63, 3.8) is 0 Å². The van der Waals surface area contributed by atoms with Gasteiger partial charge in [-0.15, -0.1) is 0 Å². The molecule has 0 saturated heterocycles. The van der Waals surface area contributed by atoms with Crippen LogP contribution in [0.15, 0.2) is 24.3 Å². The van der Waals surface area contributed by atoms with Gasteiger partial charge in [-0.1, -0.05) is 36.2 Å². The van der Waals surface area contributed by atoms with E-state index in [9.17, 15) is 13.2 Å². The van der Waals surface area contributed by atoms with Crippen LogP contribution in [0.3, 0.4) is 0 Å². The average molecular weight is 286 g/mol. The van der Waals surface area contributed by atoms with E-state index in [1.54, 1.807) is 0 Å². The Balaban J connectivity index is 2.13. The van der Waals surface area contributed by atoms with Gasteiger partial charge >= 0.3 is 6.18 Å². The van der Waals surface area contributed by atoms with Crippen molar-refractivity contribution in [2.24, 2.45) is 17.7 Å². The molecule has 1 aromatic carbocycles. The van der Waals surface area contributed by atoms with Gasteiger partial charge in [0.15, 0.2) is 0 Å². The fraction of sp³-hybridized carbons (Fsp3) is 0.600. The van der Waals surface area contributed by atoms with Crippen molar-refractivity contribution in [2.45, 2.75) is 44.8 Å². The first-order chi connectivity index (χ1) is 9.41. The van der Waals surface area contributed by atoms with Gasteiger partial charge in [0.2, 0.25) is 0 Å². The van der Waals surface area contributed by atoms with Gasteiger partial charge in [0.25, 0.3) is 0 Å². The smallest absolute Gasteiger partial charge is 0.271 e. The summed E-state index contributed by atoms with van der Waals surface area (Å²) in [5, 5.41) is 0. The first-order valence-corrected chi connectivity index (χ1v) is 7.01. The van der Waals surface area contributed by atoms with E-state index in [2.05, 4.69) is 5.43 Å². The van der Waals surface area contributed by atoms with E-state index in [1.165, 1.54) is 0 Å². The molecule has 0 bridgehead atoms. The van der Waals surface area contributed by atoms with Crippen LogP contribution in [0.2, 0.25) is 0 Å². The molecule has 1 aliphatic carbocycles. The third-order valence-corrected chi connectivity index (χ3v) is 4.27. The minimum atomic E-state index is -4.09. The molecule has 0 aliphatic heterocycles. The van der Waals surface area contributed by atoms with Gasteiger partial charge in [-0.25, -0.2) is 0 Å². The fourth-order valence-corrected chi connectivity index (χ4v) is 3.11. The standard InChI is InChI=1S/C15H21F3N2/c1-10-5-7-11(8-6-10)14(20-19)12-3-2-4-13(9-12)15(16,17)18/h5-8,12-14,20H,2-4,9,19H2,1H3. The van der Waals surface area contributed by atoms with Crippen molar-refractivity contribution in [3.05, 3.63) is 35.4 Å². The lowest BCUT2D eigenvalue weighted by Crippen LogP contribution is -2.38. The van der Waals surface area contributed by atoms with Gasteiger partial charge in [0, 0.05) is 6.04 Å². The summed E-state index contributed by atoms with van der Waals surface area (Å²) in [5.41, 5.74) is 4.80. The minimum Gasteiger partial charge on any atom is -0.271 e. The Hall–Kier alpha value is -1.07. The van der Waals surface area contributed by atoms with Crippen molar-refractivity contribution in [1.82, 2.24) is 5.43 Å². The molecule has 0 radical (unpaired) electrons. The molecule has 0 heterocycles. The first kappa shape index (κ1) is 15.3. The number of hydrogen-bond acceptors (Lipinski definition) is 2. The molecule has 2 nitrogen and oxygen atoms in total. The summed E-state index contributed by atoms with van der Waals surface area (Å²) in [6, 6.07) is 7.60. The maximum atomic E-state index is 12.9. The summed E-state index contributed by atoms with van der Waals surface area (Å²) < 4.78 is 38.7. The molecular formula is C15H21F3N2. The zero-order valence-electron chi connectivity index (χ0n) is 11.6. The largest absolute Gasteiger partial charge is 0.391 e. The van der Waals surface area contributed by atoms with E-state index in [1.807, 2.05) is 31.2 Å². The van der Waals surface area contributed by atoms with Gasteiger partial charge in [0.05, 0.1) is 5.92 Å². The van der Waals surface area contributed by atoms with Gasteiger partial charge in [-0.2, -0.15) is 13.2 Å². The Morgan fingerprint density at radius 2 is 1.85 bits per heavy atom. The average Bonchev–Trinajstić information content (AvgIpc) is 2.41. The van der Waals surface area contributed by atoms with Gasteiger partial charge in [0.1, 0.15) is 0 Å². The second-order valence-electron chi connectivity index (χ2n) is 5.72. The van der Waals surface area contributed by atoms with Gasteiger partial charge in [-0.3, -0.25) is 11.3 Å². The van der Waals surface area contributed by atoms with Gasteiger partial charge < -0.3 is 0 Å². The van der Waals surface area contributed by atoms with Crippen molar-refractivity contribution in [3.8, 4) is 0 Å². The molecular weight excluding hydrogens is 265 g/mol. The van der Waals surface area contributed by atoms with Crippen LogP contribution in [0.1, 0.15) is 42.9 Å². The number of alkyl halides is 3. The van der Waals surface area contributed by atoms with Crippen LogP contribution in [0.4, 0.5) is 13.2 Å². The molecule has 0 aromatic heterocycles. The molecule has 1 aromatic rings. The van der Waals surface area contributed by atoms with Crippen molar-refractivity contribution < 1.29 is 13.2 Å². The number of hydrogen-bond donors (Lipinski definition) is 2. The summed E-state index contributed by atoms with van der Waals surface area (Å²) in [6.45, 7) is 1.98. The molecule has 3 N–H and O–H groups in total. The van der Waals surface area contributed by atoms with E-state index >= 15 is 0 Å². The summed E-state index contributed by atoms with van der Waals surface area (Å²) in [4.78, 5) is 0. The number of nitrogens with one attached hydrogen (secondary N) is 1. The molecule has 3 atom stereocenters. The summed E-state index contributed by atoms with van der Waals surface area (Å²) >= 11 is 0. The predicted molar refractivity (Wildman–Crippen MR) is 72.7 cm³/mol. The van der Waals surface area contributed by atoms with Crippen LogP contribution >= 0.6 is 0 Å². The molecule has 1 fully saturated rings. The SMILES string of the molecule is Cc1ccc(C(NN)C2CCCC(C(F)(F)F)C2)cc1. The second kappa shape index (κ2) is 6.14. The molecule has 1 saturated carbocycles. The third kappa shape index (κ3) is 3.52. The molecule has 20 heavy (non-hydrogen) atoms. The maximum absolute atomic E-state index is 12.9. The van der Waals surface area contributed by atoms with Crippen LogP contribution < -0.4 is 11.3 Å². The lowest BCUT2D eigenvalue weighted by atomic mass is 9.76. The lowest BCUT2D eigenvalue weighted by Gasteiger charge is -2.35. The number of hydrazine groups is 1. The van der Waals surface area contributed by atoms with Crippen LogP contribution in [0, 0.1) is 18.8 Å². The van der Waals surface area contributed by atoms with Crippen molar-refractivity contribution in [2.75, 3.05) is 0 Å². The van der Waals surface area contributed by atoms with E-state index in [0.717, 1.165) is 17.5 Å². The Bertz CT molecular complexity index is 428. The Kier molecular flexibility index (Phi) is 4.70. The molecule has 3 unspecified atom stereocenters. The van der Waals surface area contributed by atoms with Crippen LogP contribution in [-0.2, 0) is 0 Å².